The van der Waals surface area contributed by atoms with Gasteiger partial charge in [-0.1, -0.05) is 12.8 Å². The van der Waals surface area contributed by atoms with Crippen molar-refractivity contribution in [3.63, 3.8) is 0 Å². The first kappa shape index (κ1) is 16.9. The predicted octanol–water partition coefficient (Wildman–Crippen LogP) is 2.63. The molecule has 1 aromatic heterocycles. The van der Waals surface area contributed by atoms with Gasteiger partial charge in [0.05, 0.1) is 0 Å². The Kier molecular flexibility index (Phi) is 4.77. The van der Waals surface area contributed by atoms with Gasteiger partial charge >= 0.3 is 6.03 Å². The maximum Gasteiger partial charge on any atom is 0.317 e. The van der Waals surface area contributed by atoms with Crippen molar-refractivity contribution in [3.8, 4) is 0 Å². The number of oxazole rings is 1. The van der Waals surface area contributed by atoms with Gasteiger partial charge in [-0.3, -0.25) is 4.79 Å². The Hall–Kier alpha value is -2.57. The van der Waals surface area contributed by atoms with Gasteiger partial charge in [0.1, 0.15) is 5.52 Å². The Morgan fingerprint density at radius 2 is 1.81 bits per heavy atom. The van der Waals surface area contributed by atoms with E-state index >= 15 is 0 Å². The fraction of sp³-hybridized carbons (Fsp3) is 0.526. The van der Waals surface area contributed by atoms with Gasteiger partial charge < -0.3 is 19.5 Å². The molecule has 2 aliphatic rings. The van der Waals surface area contributed by atoms with Crippen molar-refractivity contribution in [1.29, 1.82) is 0 Å². The Labute approximate surface area is 152 Å². The molecular formula is C19H24N4O3. The van der Waals surface area contributed by atoms with Crippen LogP contribution in [-0.2, 0) is 0 Å². The van der Waals surface area contributed by atoms with E-state index in [0.29, 0.717) is 43.4 Å². The number of fused-ring (bicyclic) bond motifs is 1. The molecule has 2 aromatic rings. The number of rotatable bonds is 2. The first-order valence-corrected chi connectivity index (χ1v) is 9.39. The van der Waals surface area contributed by atoms with Gasteiger partial charge in [-0.15, -0.1) is 0 Å². The van der Waals surface area contributed by atoms with E-state index in [1.54, 1.807) is 18.2 Å². The van der Waals surface area contributed by atoms with Crippen LogP contribution in [-0.4, -0.2) is 58.9 Å². The van der Waals surface area contributed by atoms with Gasteiger partial charge in [0, 0.05) is 37.8 Å². The third kappa shape index (κ3) is 3.52. The number of hydrogen-bond donors (Lipinski definition) is 1. The number of urea groups is 1. The number of benzene rings is 1. The van der Waals surface area contributed by atoms with Crippen LogP contribution in [0.1, 0.15) is 42.5 Å². The molecule has 1 saturated carbocycles. The lowest BCUT2D eigenvalue weighted by Crippen LogP contribution is -2.45. The summed E-state index contributed by atoms with van der Waals surface area (Å²) in [4.78, 5) is 33.0. The van der Waals surface area contributed by atoms with Crippen LogP contribution in [0.15, 0.2) is 29.0 Å². The third-order valence-corrected chi connectivity index (χ3v) is 5.33. The molecule has 1 aliphatic carbocycles. The van der Waals surface area contributed by atoms with E-state index in [0.717, 1.165) is 24.8 Å². The van der Waals surface area contributed by atoms with Crippen LogP contribution >= 0.6 is 0 Å². The van der Waals surface area contributed by atoms with Gasteiger partial charge in [0.15, 0.2) is 12.0 Å². The highest BCUT2D eigenvalue weighted by Gasteiger charge is 2.25. The predicted molar refractivity (Wildman–Crippen MR) is 96.9 cm³/mol. The maximum atomic E-state index is 12.8. The zero-order chi connectivity index (χ0) is 17.9. The Bertz CT molecular complexity index is 797. The molecule has 1 aliphatic heterocycles. The second-order valence-electron chi connectivity index (χ2n) is 7.10. The number of hydrogen-bond acceptors (Lipinski definition) is 4. The summed E-state index contributed by atoms with van der Waals surface area (Å²) < 4.78 is 5.29. The number of aromatic nitrogens is 1. The summed E-state index contributed by atoms with van der Waals surface area (Å²) in [5.41, 5.74) is 1.95. The standard InChI is InChI=1S/C19H24N4O3/c24-18(14-6-7-16-17(12-14)26-13-20-16)22-8-3-9-23(11-10-22)19(25)21-15-4-1-2-5-15/h6-7,12-13,15H,1-5,8-11H2,(H,21,25). The van der Waals surface area contributed by atoms with E-state index in [1.165, 1.54) is 19.2 Å². The minimum Gasteiger partial charge on any atom is -0.443 e. The Balaban J connectivity index is 1.37. The molecule has 0 atom stereocenters. The summed E-state index contributed by atoms with van der Waals surface area (Å²) in [5, 5.41) is 3.13. The number of nitrogens with one attached hydrogen (secondary N) is 1. The summed E-state index contributed by atoms with van der Waals surface area (Å²) in [6.45, 7) is 2.45. The lowest BCUT2D eigenvalue weighted by molar-refractivity contribution is 0.0762. The lowest BCUT2D eigenvalue weighted by Gasteiger charge is -2.24. The van der Waals surface area contributed by atoms with Gasteiger partial charge in [0.2, 0.25) is 0 Å². The maximum absolute atomic E-state index is 12.8. The van der Waals surface area contributed by atoms with E-state index in [4.69, 9.17) is 4.42 Å². The minimum atomic E-state index is -0.0265. The topological polar surface area (TPSA) is 78.7 Å². The fourth-order valence-corrected chi connectivity index (χ4v) is 3.83. The lowest BCUT2D eigenvalue weighted by atomic mass is 10.1. The van der Waals surface area contributed by atoms with Gasteiger partial charge in [0.25, 0.3) is 5.91 Å². The zero-order valence-electron chi connectivity index (χ0n) is 14.8. The smallest absolute Gasteiger partial charge is 0.317 e. The van der Waals surface area contributed by atoms with Crippen molar-refractivity contribution in [3.05, 3.63) is 30.2 Å². The number of nitrogens with zero attached hydrogens (tertiary/aromatic N) is 3. The van der Waals surface area contributed by atoms with E-state index in [9.17, 15) is 9.59 Å². The molecule has 1 saturated heterocycles. The van der Waals surface area contributed by atoms with Gasteiger partial charge in [-0.2, -0.15) is 0 Å². The summed E-state index contributed by atoms with van der Waals surface area (Å²) in [6.07, 6.45) is 6.72. The van der Waals surface area contributed by atoms with E-state index in [1.807, 2.05) is 9.80 Å². The molecule has 1 aromatic carbocycles. The van der Waals surface area contributed by atoms with Gasteiger partial charge in [-0.25, -0.2) is 9.78 Å². The van der Waals surface area contributed by atoms with Crippen LogP contribution in [0, 0.1) is 0 Å². The van der Waals surface area contributed by atoms with Crippen molar-refractivity contribution in [1.82, 2.24) is 20.1 Å². The van der Waals surface area contributed by atoms with Crippen LogP contribution in [0.25, 0.3) is 11.1 Å². The number of amides is 3. The zero-order valence-corrected chi connectivity index (χ0v) is 14.8. The van der Waals surface area contributed by atoms with E-state index in [-0.39, 0.29) is 11.9 Å². The molecule has 2 heterocycles. The second-order valence-corrected chi connectivity index (χ2v) is 7.10. The summed E-state index contributed by atoms with van der Waals surface area (Å²) >= 11 is 0. The second kappa shape index (κ2) is 7.35. The minimum absolute atomic E-state index is 0.00859. The average molecular weight is 356 g/mol. The molecule has 0 unspecified atom stereocenters. The molecule has 0 bridgehead atoms. The average Bonchev–Trinajstić information content (AvgIpc) is 3.27. The van der Waals surface area contributed by atoms with E-state index < -0.39 is 0 Å². The Morgan fingerprint density at radius 1 is 1.04 bits per heavy atom. The Morgan fingerprint density at radius 3 is 2.65 bits per heavy atom. The molecule has 0 spiro atoms. The summed E-state index contributed by atoms with van der Waals surface area (Å²) in [5.74, 6) is -0.0265. The highest BCUT2D eigenvalue weighted by atomic mass is 16.3. The van der Waals surface area contributed by atoms with Crippen molar-refractivity contribution in [2.75, 3.05) is 26.2 Å². The molecule has 7 heteroatoms. The van der Waals surface area contributed by atoms with Crippen LogP contribution in [0.2, 0.25) is 0 Å². The van der Waals surface area contributed by atoms with Crippen molar-refractivity contribution < 1.29 is 14.0 Å². The fourth-order valence-electron chi connectivity index (χ4n) is 3.83. The van der Waals surface area contributed by atoms with E-state index in [2.05, 4.69) is 10.3 Å². The van der Waals surface area contributed by atoms with Crippen molar-refractivity contribution in [2.24, 2.45) is 0 Å². The molecule has 26 heavy (non-hydrogen) atoms. The molecule has 4 rings (SSSR count). The highest BCUT2D eigenvalue weighted by Crippen LogP contribution is 2.19. The molecule has 3 amide bonds. The normalized spacial score (nSPS) is 18.9. The summed E-state index contributed by atoms with van der Waals surface area (Å²) in [7, 11) is 0. The molecular weight excluding hydrogens is 332 g/mol. The van der Waals surface area contributed by atoms with Crippen molar-refractivity contribution in [2.45, 2.75) is 38.1 Å². The highest BCUT2D eigenvalue weighted by molar-refractivity contribution is 5.97. The van der Waals surface area contributed by atoms with Crippen LogP contribution in [0.5, 0.6) is 0 Å². The quantitative estimate of drug-likeness (QED) is 0.897. The molecule has 138 valence electrons. The van der Waals surface area contributed by atoms with Crippen LogP contribution in [0.4, 0.5) is 4.79 Å². The SMILES string of the molecule is O=C(NC1CCCC1)N1CCCN(C(=O)c2ccc3ncoc3c2)CC1. The number of carbonyl (C=O) groups excluding carboxylic acids is 2. The van der Waals surface area contributed by atoms with Gasteiger partial charge in [-0.05, 0) is 37.5 Å². The van der Waals surface area contributed by atoms with Crippen LogP contribution in [0.3, 0.4) is 0 Å². The first-order valence-electron chi connectivity index (χ1n) is 9.39. The largest absolute Gasteiger partial charge is 0.443 e. The molecule has 7 nitrogen and oxygen atoms in total. The third-order valence-electron chi connectivity index (χ3n) is 5.33. The van der Waals surface area contributed by atoms with Crippen molar-refractivity contribution >= 4 is 23.0 Å². The summed E-state index contributed by atoms with van der Waals surface area (Å²) in [6, 6.07) is 5.64. The monoisotopic (exact) mass is 356 g/mol. The molecule has 2 fully saturated rings. The molecule has 1 N–H and O–H groups in total. The molecule has 0 radical (unpaired) electrons. The van der Waals surface area contributed by atoms with Crippen LogP contribution < -0.4 is 5.32 Å². The number of carbonyl (C=O) groups is 2. The first-order chi connectivity index (χ1) is 12.7.